The van der Waals surface area contributed by atoms with Gasteiger partial charge in [0.1, 0.15) is 6.04 Å². The van der Waals surface area contributed by atoms with Gasteiger partial charge >= 0.3 is 5.97 Å². The molecule has 1 aliphatic rings. The molecule has 0 radical (unpaired) electrons. The molecule has 0 bridgehead atoms. The molecule has 3 N–H and O–H groups in total. The summed E-state index contributed by atoms with van der Waals surface area (Å²) in [6.45, 7) is 5.07. The SMILES string of the molecule is CC(C)C1CCC(=O)N(CC(N)C(=O)O)CC1. The van der Waals surface area contributed by atoms with Crippen molar-refractivity contribution < 1.29 is 14.7 Å². The van der Waals surface area contributed by atoms with Crippen molar-refractivity contribution in [2.75, 3.05) is 13.1 Å². The summed E-state index contributed by atoms with van der Waals surface area (Å²) in [5.74, 6) is 0.0909. The van der Waals surface area contributed by atoms with Gasteiger partial charge in [0.05, 0.1) is 0 Å². The Hall–Kier alpha value is -1.10. The smallest absolute Gasteiger partial charge is 0.322 e. The fourth-order valence-electron chi connectivity index (χ4n) is 2.23. The summed E-state index contributed by atoms with van der Waals surface area (Å²) in [5, 5.41) is 8.75. The number of carbonyl (C=O) groups is 2. The maximum Gasteiger partial charge on any atom is 0.322 e. The predicted molar refractivity (Wildman–Crippen MR) is 64.4 cm³/mol. The van der Waals surface area contributed by atoms with Gasteiger partial charge in [-0.1, -0.05) is 13.8 Å². The van der Waals surface area contributed by atoms with Crippen molar-refractivity contribution in [2.45, 2.75) is 39.2 Å². The van der Waals surface area contributed by atoms with E-state index in [0.717, 1.165) is 12.8 Å². The van der Waals surface area contributed by atoms with Crippen LogP contribution >= 0.6 is 0 Å². The van der Waals surface area contributed by atoms with Crippen LogP contribution in [-0.2, 0) is 9.59 Å². The number of hydrogen-bond donors (Lipinski definition) is 2. The number of aliphatic carboxylic acids is 1. The molecular weight excluding hydrogens is 220 g/mol. The molecule has 98 valence electrons. The molecule has 1 amide bonds. The van der Waals surface area contributed by atoms with Gasteiger partial charge in [0.25, 0.3) is 0 Å². The van der Waals surface area contributed by atoms with Crippen molar-refractivity contribution in [3.63, 3.8) is 0 Å². The molecule has 1 saturated heterocycles. The lowest BCUT2D eigenvalue weighted by atomic mass is 9.89. The molecule has 1 heterocycles. The monoisotopic (exact) mass is 242 g/mol. The molecule has 5 heteroatoms. The van der Waals surface area contributed by atoms with Gasteiger partial charge in [-0.05, 0) is 24.7 Å². The molecule has 0 saturated carbocycles. The minimum atomic E-state index is -1.05. The summed E-state index contributed by atoms with van der Waals surface area (Å²) >= 11 is 0. The molecule has 2 unspecified atom stereocenters. The molecule has 1 aliphatic heterocycles. The van der Waals surface area contributed by atoms with Gasteiger partial charge < -0.3 is 15.7 Å². The van der Waals surface area contributed by atoms with Crippen molar-refractivity contribution in [1.29, 1.82) is 0 Å². The van der Waals surface area contributed by atoms with E-state index in [-0.39, 0.29) is 12.5 Å². The highest BCUT2D eigenvalue weighted by atomic mass is 16.4. The van der Waals surface area contributed by atoms with E-state index in [1.807, 2.05) is 0 Å². The normalized spacial score (nSPS) is 23.6. The van der Waals surface area contributed by atoms with Crippen LogP contribution in [0.25, 0.3) is 0 Å². The first-order valence-corrected chi connectivity index (χ1v) is 6.18. The number of amides is 1. The van der Waals surface area contributed by atoms with Crippen molar-refractivity contribution in [3.8, 4) is 0 Å². The van der Waals surface area contributed by atoms with Crippen LogP contribution in [0, 0.1) is 11.8 Å². The number of nitrogens with zero attached hydrogens (tertiary/aromatic N) is 1. The zero-order chi connectivity index (χ0) is 13.0. The zero-order valence-electron chi connectivity index (χ0n) is 10.6. The minimum Gasteiger partial charge on any atom is -0.480 e. The molecule has 0 aromatic rings. The van der Waals surface area contributed by atoms with Crippen LogP contribution in [0.2, 0.25) is 0 Å². The van der Waals surface area contributed by atoms with Crippen LogP contribution in [0.5, 0.6) is 0 Å². The maximum atomic E-state index is 11.8. The van der Waals surface area contributed by atoms with Crippen LogP contribution in [-0.4, -0.2) is 41.0 Å². The van der Waals surface area contributed by atoms with E-state index >= 15 is 0 Å². The number of rotatable bonds is 4. The first-order chi connectivity index (χ1) is 7.91. The molecule has 0 aromatic carbocycles. The lowest BCUT2D eigenvalue weighted by molar-refractivity contribution is -0.140. The van der Waals surface area contributed by atoms with E-state index in [1.165, 1.54) is 0 Å². The fourth-order valence-corrected chi connectivity index (χ4v) is 2.23. The number of nitrogens with two attached hydrogens (primary N) is 1. The highest BCUT2D eigenvalue weighted by Gasteiger charge is 2.26. The molecule has 2 atom stereocenters. The van der Waals surface area contributed by atoms with Crippen LogP contribution in [0.1, 0.15) is 33.1 Å². The van der Waals surface area contributed by atoms with E-state index in [2.05, 4.69) is 13.8 Å². The van der Waals surface area contributed by atoms with Crippen LogP contribution in [0.15, 0.2) is 0 Å². The summed E-state index contributed by atoms with van der Waals surface area (Å²) < 4.78 is 0. The molecule has 0 aromatic heterocycles. The topological polar surface area (TPSA) is 83.6 Å². The average Bonchev–Trinajstić information content (AvgIpc) is 2.42. The fraction of sp³-hybridized carbons (Fsp3) is 0.833. The summed E-state index contributed by atoms with van der Waals surface area (Å²) in [5.41, 5.74) is 5.46. The molecule has 5 nitrogen and oxygen atoms in total. The predicted octanol–water partition coefficient (Wildman–Crippen LogP) is 0.683. The second-order valence-corrected chi connectivity index (χ2v) is 5.12. The average molecular weight is 242 g/mol. The molecule has 1 fully saturated rings. The third-order valence-electron chi connectivity index (χ3n) is 3.53. The Morgan fingerprint density at radius 2 is 2.18 bits per heavy atom. The van der Waals surface area contributed by atoms with Crippen molar-refractivity contribution in [1.82, 2.24) is 4.90 Å². The van der Waals surface area contributed by atoms with Crippen molar-refractivity contribution in [3.05, 3.63) is 0 Å². The zero-order valence-corrected chi connectivity index (χ0v) is 10.6. The molecule has 17 heavy (non-hydrogen) atoms. The van der Waals surface area contributed by atoms with Gasteiger partial charge in [-0.2, -0.15) is 0 Å². The van der Waals surface area contributed by atoms with E-state index < -0.39 is 12.0 Å². The second-order valence-electron chi connectivity index (χ2n) is 5.12. The van der Waals surface area contributed by atoms with E-state index in [1.54, 1.807) is 4.90 Å². The van der Waals surface area contributed by atoms with Crippen molar-refractivity contribution in [2.24, 2.45) is 17.6 Å². The van der Waals surface area contributed by atoms with Crippen molar-refractivity contribution >= 4 is 11.9 Å². The molecule has 0 spiro atoms. The van der Waals surface area contributed by atoms with Gasteiger partial charge in [0, 0.05) is 19.5 Å². The van der Waals surface area contributed by atoms with Gasteiger partial charge in [-0.3, -0.25) is 9.59 Å². The number of hydrogen-bond acceptors (Lipinski definition) is 3. The minimum absolute atomic E-state index is 0.0323. The Morgan fingerprint density at radius 1 is 1.53 bits per heavy atom. The van der Waals surface area contributed by atoms with Crippen LogP contribution in [0.3, 0.4) is 0 Å². The Kier molecular flexibility index (Phi) is 4.93. The standard InChI is InChI=1S/C12H22N2O3/c1-8(2)9-3-4-11(15)14(6-5-9)7-10(13)12(16)17/h8-10H,3-7,13H2,1-2H3,(H,16,17). The van der Waals surface area contributed by atoms with Gasteiger partial charge in [0.2, 0.25) is 5.91 Å². The molecule has 1 rings (SSSR count). The largest absolute Gasteiger partial charge is 0.480 e. The quantitative estimate of drug-likeness (QED) is 0.759. The third kappa shape index (κ3) is 4.00. The van der Waals surface area contributed by atoms with Gasteiger partial charge in [-0.15, -0.1) is 0 Å². The molecule has 0 aliphatic carbocycles. The lowest BCUT2D eigenvalue weighted by Crippen LogP contribution is -2.45. The number of carboxylic acid groups (broad SMARTS) is 1. The Labute approximate surface area is 102 Å². The lowest BCUT2D eigenvalue weighted by Gasteiger charge is -2.23. The first-order valence-electron chi connectivity index (χ1n) is 6.18. The number of carboxylic acids is 1. The highest BCUT2D eigenvalue weighted by Crippen LogP contribution is 2.25. The number of carbonyl (C=O) groups excluding carboxylic acids is 1. The van der Waals surface area contributed by atoms with Gasteiger partial charge in [-0.25, -0.2) is 0 Å². The summed E-state index contributed by atoms with van der Waals surface area (Å²) in [6, 6.07) is -0.977. The highest BCUT2D eigenvalue weighted by molar-refractivity contribution is 5.78. The first kappa shape index (κ1) is 14.0. The number of likely N-dealkylation sites (tertiary alicyclic amines) is 1. The van der Waals surface area contributed by atoms with Gasteiger partial charge in [0.15, 0.2) is 0 Å². The Morgan fingerprint density at radius 3 is 2.71 bits per heavy atom. The summed E-state index contributed by atoms with van der Waals surface area (Å²) in [4.78, 5) is 24.1. The van der Waals surface area contributed by atoms with E-state index in [4.69, 9.17) is 10.8 Å². The molecular formula is C12H22N2O3. The van der Waals surface area contributed by atoms with E-state index in [0.29, 0.717) is 24.8 Å². The maximum absolute atomic E-state index is 11.8. The summed E-state index contributed by atoms with van der Waals surface area (Å²) in [7, 11) is 0. The Balaban J connectivity index is 2.56. The Bertz CT molecular complexity index is 291. The second kappa shape index (κ2) is 6.00. The van der Waals surface area contributed by atoms with Crippen LogP contribution in [0.4, 0.5) is 0 Å². The van der Waals surface area contributed by atoms with Crippen LogP contribution < -0.4 is 5.73 Å². The third-order valence-corrected chi connectivity index (χ3v) is 3.53. The summed E-state index contributed by atoms with van der Waals surface area (Å²) in [6.07, 6.45) is 2.35. The van der Waals surface area contributed by atoms with E-state index in [9.17, 15) is 9.59 Å².